The third-order valence-electron chi connectivity index (χ3n) is 5.58. The fourth-order valence-electron chi connectivity index (χ4n) is 5.01. The van der Waals surface area contributed by atoms with E-state index in [1.165, 1.54) is 0 Å². The maximum absolute atomic E-state index is 12.8. The summed E-state index contributed by atoms with van der Waals surface area (Å²) in [4.78, 5) is 14.9. The van der Waals surface area contributed by atoms with Gasteiger partial charge >= 0.3 is 0 Å². The van der Waals surface area contributed by atoms with Crippen molar-refractivity contribution in [1.82, 2.24) is 4.90 Å². The van der Waals surface area contributed by atoms with Gasteiger partial charge in [0, 0.05) is 12.6 Å². The Labute approximate surface area is 156 Å². The van der Waals surface area contributed by atoms with Gasteiger partial charge in [0.05, 0.1) is 13.2 Å². The van der Waals surface area contributed by atoms with E-state index in [1.807, 2.05) is 11.8 Å². The molecule has 1 aliphatic heterocycles. The summed E-state index contributed by atoms with van der Waals surface area (Å²) in [6.07, 6.45) is 3.32. The van der Waals surface area contributed by atoms with Crippen LogP contribution in [0.5, 0.6) is 11.5 Å². The van der Waals surface area contributed by atoms with Crippen LogP contribution >= 0.6 is 0 Å². The molecule has 2 aliphatic rings. The zero-order valence-electron chi connectivity index (χ0n) is 16.4. The standard InChI is InChI=1S/C21H31NO4/c1-5-25-18-8-15(11-23)6-7-17(18)26-12-19(24)22-14-21(4)10-16(22)9-20(2,3)13-21/h6-8,16,23H,5,9-14H2,1-4H3/t16-,21+/m1/s1. The highest BCUT2D eigenvalue weighted by molar-refractivity contribution is 5.78. The molecule has 26 heavy (non-hydrogen) atoms. The van der Waals surface area contributed by atoms with Crippen LogP contribution in [-0.4, -0.2) is 41.7 Å². The Hall–Kier alpha value is -1.75. The first-order valence-electron chi connectivity index (χ1n) is 9.54. The smallest absolute Gasteiger partial charge is 0.260 e. The molecule has 1 heterocycles. The number of aliphatic hydroxyl groups is 1. The highest BCUT2D eigenvalue weighted by atomic mass is 16.5. The highest BCUT2D eigenvalue weighted by Crippen LogP contribution is 2.52. The molecule has 5 nitrogen and oxygen atoms in total. The minimum atomic E-state index is -0.0525. The van der Waals surface area contributed by atoms with Crippen molar-refractivity contribution in [2.75, 3.05) is 19.8 Å². The van der Waals surface area contributed by atoms with Crippen molar-refractivity contribution < 1.29 is 19.4 Å². The van der Waals surface area contributed by atoms with Crippen molar-refractivity contribution in [3.8, 4) is 11.5 Å². The number of fused-ring (bicyclic) bond motifs is 2. The van der Waals surface area contributed by atoms with Crippen molar-refractivity contribution in [2.24, 2.45) is 10.8 Å². The summed E-state index contributed by atoms with van der Waals surface area (Å²) >= 11 is 0. The maximum atomic E-state index is 12.8. The van der Waals surface area contributed by atoms with E-state index < -0.39 is 0 Å². The lowest BCUT2D eigenvalue weighted by molar-refractivity contribution is -0.134. The number of nitrogens with zero attached hydrogens (tertiary/aromatic N) is 1. The van der Waals surface area contributed by atoms with Crippen LogP contribution in [0.25, 0.3) is 0 Å². The van der Waals surface area contributed by atoms with Gasteiger partial charge in [-0.3, -0.25) is 4.79 Å². The van der Waals surface area contributed by atoms with Crippen LogP contribution in [0.3, 0.4) is 0 Å². The van der Waals surface area contributed by atoms with Gasteiger partial charge in [-0.15, -0.1) is 0 Å². The van der Waals surface area contributed by atoms with Gasteiger partial charge in [-0.25, -0.2) is 0 Å². The summed E-state index contributed by atoms with van der Waals surface area (Å²) in [6, 6.07) is 5.63. The Kier molecular flexibility index (Phi) is 5.20. The number of carbonyl (C=O) groups excluding carboxylic acids is 1. The van der Waals surface area contributed by atoms with E-state index in [2.05, 4.69) is 20.8 Å². The lowest BCUT2D eigenvalue weighted by Crippen LogP contribution is -2.40. The number of ether oxygens (including phenoxy) is 2. The second kappa shape index (κ2) is 7.10. The van der Waals surface area contributed by atoms with Crippen molar-refractivity contribution >= 4 is 5.91 Å². The van der Waals surface area contributed by atoms with Crippen LogP contribution in [0.1, 0.15) is 52.5 Å². The number of aliphatic hydroxyl groups excluding tert-OH is 1. The van der Waals surface area contributed by atoms with Crippen LogP contribution in [0.2, 0.25) is 0 Å². The Morgan fingerprint density at radius 2 is 2.00 bits per heavy atom. The quantitative estimate of drug-likeness (QED) is 0.844. The fourth-order valence-corrected chi connectivity index (χ4v) is 5.01. The first-order valence-corrected chi connectivity index (χ1v) is 9.54. The second-order valence-corrected chi connectivity index (χ2v) is 8.90. The van der Waals surface area contributed by atoms with Gasteiger partial charge in [0.1, 0.15) is 0 Å². The summed E-state index contributed by atoms with van der Waals surface area (Å²) in [6.45, 7) is 10.1. The van der Waals surface area contributed by atoms with Gasteiger partial charge in [-0.2, -0.15) is 0 Å². The summed E-state index contributed by atoms with van der Waals surface area (Å²) in [5.41, 5.74) is 1.27. The van der Waals surface area contributed by atoms with Crippen LogP contribution in [0, 0.1) is 10.8 Å². The predicted molar refractivity (Wildman–Crippen MR) is 100 cm³/mol. The molecule has 0 radical (unpaired) electrons. The van der Waals surface area contributed by atoms with Gasteiger partial charge in [0.25, 0.3) is 5.91 Å². The number of rotatable bonds is 6. The fraction of sp³-hybridized carbons (Fsp3) is 0.667. The van der Waals surface area contributed by atoms with Gasteiger partial charge in [-0.05, 0) is 54.7 Å². The van der Waals surface area contributed by atoms with Gasteiger partial charge in [0.15, 0.2) is 18.1 Å². The molecule has 0 unspecified atom stereocenters. The lowest BCUT2D eigenvalue weighted by atomic mass is 9.65. The molecule has 1 saturated heterocycles. The number of amides is 1. The summed E-state index contributed by atoms with van der Waals surface area (Å²) in [5.74, 6) is 1.16. The van der Waals surface area contributed by atoms with Crippen molar-refractivity contribution in [1.29, 1.82) is 0 Å². The Morgan fingerprint density at radius 1 is 1.23 bits per heavy atom. The van der Waals surface area contributed by atoms with E-state index in [1.54, 1.807) is 18.2 Å². The Bertz CT molecular complexity index is 672. The van der Waals surface area contributed by atoms with E-state index >= 15 is 0 Å². The summed E-state index contributed by atoms with van der Waals surface area (Å²) < 4.78 is 11.4. The van der Waals surface area contributed by atoms with E-state index in [0.29, 0.717) is 24.1 Å². The van der Waals surface area contributed by atoms with Crippen LogP contribution in [0.4, 0.5) is 0 Å². The number of carbonyl (C=O) groups is 1. The average Bonchev–Trinajstić information content (AvgIpc) is 2.82. The molecule has 0 aromatic heterocycles. The summed E-state index contributed by atoms with van der Waals surface area (Å²) in [7, 11) is 0. The van der Waals surface area contributed by atoms with Crippen LogP contribution in [-0.2, 0) is 11.4 Å². The topological polar surface area (TPSA) is 59.0 Å². The van der Waals surface area contributed by atoms with Gasteiger partial charge < -0.3 is 19.5 Å². The third kappa shape index (κ3) is 3.98. The number of benzene rings is 1. The number of likely N-dealkylation sites (tertiary alicyclic amines) is 1. The normalized spacial score (nSPS) is 26.7. The lowest BCUT2D eigenvalue weighted by Gasteiger charge is -2.39. The first-order chi connectivity index (χ1) is 12.3. The molecule has 2 bridgehead atoms. The minimum absolute atomic E-state index is 0.0194. The second-order valence-electron chi connectivity index (χ2n) is 8.90. The SMILES string of the molecule is CCOc1cc(CO)ccc1OCC(=O)N1C[C@@]2(C)C[C@H]1CC(C)(C)C2. The first kappa shape index (κ1) is 19.0. The summed E-state index contributed by atoms with van der Waals surface area (Å²) in [5, 5.41) is 9.28. The van der Waals surface area contributed by atoms with Crippen molar-refractivity contribution in [3.63, 3.8) is 0 Å². The molecule has 2 atom stereocenters. The molecular weight excluding hydrogens is 330 g/mol. The Morgan fingerprint density at radius 3 is 2.69 bits per heavy atom. The largest absolute Gasteiger partial charge is 0.490 e. The molecular formula is C21H31NO4. The predicted octanol–water partition coefficient (Wildman–Crippen LogP) is 3.38. The molecule has 1 amide bonds. The molecule has 1 N–H and O–H groups in total. The third-order valence-corrected chi connectivity index (χ3v) is 5.58. The molecule has 0 spiro atoms. The molecule has 1 aromatic rings. The van der Waals surface area contributed by atoms with E-state index in [9.17, 15) is 9.90 Å². The molecule has 144 valence electrons. The van der Waals surface area contributed by atoms with Crippen LogP contribution < -0.4 is 9.47 Å². The van der Waals surface area contributed by atoms with Gasteiger partial charge in [0.2, 0.25) is 0 Å². The molecule has 2 fully saturated rings. The zero-order chi connectivity index (χ0) is 18.9. The molecule has 1 aromatic carbocycles. The minimum Gasteiger partial charge on any atom is -0.490 e. The zero-order valence-corrected chi connectivity index (χ0v) is 16.4. The molecule has 5 heteroatoms. The maximum Gasteiger partial charge on any atom is 0.260 e. The highest BCUT2D eigenvalue weighted by Gasteiger charge is 2.50. The van der Waals surface area contributed by atoms with E-state index in [4.69, 9.17) is 9.47 Å². The van der Waals surface area contributed by atoms with Crippen molar-refractivity contribution in [2.45, 2.75) is 59.6 Å². The van der Waals surface area contributed by atoms with Gasteiger partial charge in [-0.1, -0.05) is 26.8 Å². The molecule has 1 aliphatic carbocycles. The van der Waals surface area contributed by atoms with E-state index in [-0.39, 0.29) is 30.0 Å². The van der Waals surface area contributed by atoms with Crippen molar-refractivity contribution in [3.05, 3.63) is 23.8 Å². The monoisotopic (exact) mass is 361 g/mol. The van der Waals surface area contributed by atoms with E-state index in [0.717, 1.165) is 31.4 Å². The van der Waals surface area contributed by atoms with Crippen LogP contribution in [0.15, 0.2) is 18.2 Å². The molecule has 3 rings (SSSR count). The molecule has 1 saturated carbocycles. The Balaban J connectivity index is 1.66. The number of hydrogen-bond donors (Lipinski definition) is 1. The number of hydrogen-bond acceptors (Lipinski definition) is 4. The average molecular weight is 361 g/mol.